The van der Waals surface area contributed by atoms with Gasteiger partial charge in [0.15, 0.2) is 5.72 Å². The Hall–Kier alpha value is -3.59. The number of rotatable bonds is 1. The second-order valence-electron chi connectivity index (χ2n) is 7.20. The van der Waals surface area contributed by atoms with Crippen LogP contribution in [0.4, 0.5) is 11.5 Å². The molecule has 2 aliphatic heterocycles. The van der Waals surface area contributed by atoms with Crippen molar-refractivity contribution in [2.75, 3.05) is 11.1 Å². The van der Waals surface area contributed by atoms with E-state index in [1.54, 1.807) is 30.3 Å². The summed E-state index contributed by atoms with van der Waals surface area (Å²) in [7, 11) is 0. The number of halogens is 1. The number of hydrogen-bond donors (Lipinski definition) is 3. The van der Waals surface area contributed by atoms with Gasteiger partial charge in [-0.1, -0.05) is 46.3 Å². The Morgan fingerprint density at radius 2 is 1.97 bits per heavy atom. The summed E-state index contributed by atoms with van der Waals surface area (Å²) in [5, 5.41) is 34.8. The van der Waals surface area contributed by atoms with Crippen molar-refractivity contribution in [3.05, 3.63) is 75.3 Å². The maximum atomic E-state index is 11.8. The van der Waals surface area contributed by atoms with Gasteiger partial charge >= 0.3 is 0 Å². The number of nitrogens with zero attached hydrogens (tertiary/aromatic N) is 3. The summed E-state index contributed by atoms with van der Waals surface area (Å²) in [6.45, 7) is 0. The summed E-state index contributed by atoms with van der Waals surface area (Å²) in [5.74, 6) is -0.781. The zero-order chi connectivity index (χ0) is 21.0. The highest BCUT2D eigenvalue weighted by atomic mass is 79.9. The van der Waals surface area contributed by atoms with Crippen LogP contribution in [-0.2, 0) is 5.72 Å². The topological polar surface area (TPSA) is 128 Å². The number of fused-ring (bicyclic) bond motifs is 2. The van der Waals surface area contributed by atoms with Crippen LogP contribution >= 0.6 is 15.9 Å². The first-order valence-corrected chi connectivity index (χ1v) is 9.93. The lowest BCUT2D eigenvalue weighted by Gasteiger charge is -2.46. The van der Waals surface area contributed by atoms with Crippen LogP contribution in [0.25, 0.3) is 0 Å². The SMILES string of the molecule is N#Cc1c(N)nc2c3c1NC(O)(c1ccccc1)C(C#N)C3c1cc(Br)ccc1O2. The van der Waals surface area contributed by atoms with Crippen molar-refractivity contribution in [2.24, 2.45) is 5.92 Å². The van der Waals surface area contributed by atoms with Crippen LogP contribution in [0.5, 0.6) is 11.6 Å². The molecule has 8 heteroatoms. The van der Waals surface area contributed by atoms with Gasteiger partial charge in [-0.2, -0.15) is 15.5 Å². The molecule has 1 aromatic heterocycles. The minimum Gasteiger partial charge on any atom is -0.438 e. The molecule has 0 saturated carbocycles. The number of hydrogen-bond acceptors (Lipinski definition) is 7. The molecule has 4 N–H and O–H groups in total. The molecule has 7 nitrogen and oxygen atoms in total. The monoisotopic (exact) mass is 459 g/mol. The molecular weight excluding hydrogens is 446 g/mol. The number of ether oxygens (including phenoxy) is 1. The minimum absolute atomic E-state index is 0.0103. The molecule has 5 rings (SSSR count). The van der Waals surface area contributed by atoms with Crippen LogP contribution in [0.2, 0.25) is 0 Å². The molecule has 2 aromatic carbocycles. The number of aliphatic hydroxyl groups is 1. The fraction of sp³-hybridized carbons (Fsp3) is 0.136. The quantitative estimate of drug-likeness (QED) is 0.502. The Morgan fingerprint density at radius 3 is 2.67 bits per heavy atom. The van der Waals surface area contributed by atoms with Gasteiger partial charge in [0.1, 0.15) is 29.1 Å². The van der Waals surface area contributed by atoms with Gasteiger partial charge in [0.25, 0.3) is 0 Å². The van der Waals surface area contributed by atoms with Crippen LogP contribution in [0.3, 0.4) is 0 Å². The van der Waals surface area contributed by atoms with Crippen molar-refractivity contribution in [3.8, 4) is 23.8 Å². The average Bonchev–Trinajstić information content (AvgIpc) is 2.74. The van der Waals surface area contributed by atoms with Crippen LogP contribution in [0.15, 0.2) is 53.0 Å². The molecule has 3 unspecified atom stereocenters. The standard InChI is InChI=1S/C22H14BrN5O2/c23-12-6-7-16-13(8-12)17-15(10-25)22(29,11-4-2-1-3-5-11)28-19-14(9-24)20(26)27-21(30-16)18(17)19/h1-8,15,17,28-29H,(H2,26,27). The molecule has 3 aromatic rings. The molecule has 146 valence electrons. The lowest BCUT2D eigenvalue weighted by molar-refractivity contribution is 0.0138. The van der Waals surface area contributed by atoms with Crippen LogP contribution in [0, 0.1) is 28.6 Å². The normalized spacial score (nSPS) is 23.1. The van der Waals surface area contributed by atoms with E-state index in [1.807, 2.05) is 18.2 Å². The summed E-state index contributed by atoms with van der Waals surface area (Å²) in [6.07, 6.45) is 0. The first kappa shape index (κ1) is 18.4. The maximum Gasteiger partial charge on any atom is 0.227 e. The molecule has 2 aliphatic rings. The van der Waals surface area contributed by atoms with Gasteiger partial charge in [0.2, 0.25) is 5.88 Å². The summed E-state index contributed by atoms with van der Waals surface area (Å²) in [5.41, 5.74) is 6.46. The van der Waals surface area contributed by atoms with Crippen molar-refractivity contribution < 1.29 is 9.84 Å². The van der Waals surface area contributed by atoms with E-state index in [-0.39, 0.29) is 17.3 Å². The smallest absolute Gasteiger partial charge is 0.227 e. The summed E-state index contributed by atoms with van der Waals surface area (Å²) >= 11 is 3.47. The molecule has 0 amide bonds. The number of benzene rings is 2. The fourth-order valence-electron chi connectivity index (χ4n) is 4.29. The summed E-state index contributed by atoms with van der Waals surface area (Å²) < 4.78 is 6.78. The van der Waals surface area contributed by atoms with E-state index in [0.717, 1.165) is 10.0 Å². The number of aromatic nitrogens is 1. The average molecular weight is 460 g/mol. The third kappa shape index (κ3) is 2.42. The number of nitrogen functional groups attached to an aromatic ring is 1. The van der Waals surface area contributed by atoms with E-state index in [9.17, 15) is 15.6 Å². The largest absolute Gasteiger partial charge is 0.438 e. The van der Waals surface area contributed by atoms with Gasteiger partial charge in [-0.15, -0.1) is 0 Å². The minimum atomic E-state index is -1.76. The Bertz CT molecular complexity index is 1280. The van der Waals surface area contributed by atoms with Gasteiger partial charge in [-0.05, 0) is 18.2 Å². The zero-order valence-corrected chi connectivity index (χ0v) is 17.0. The molecule has 0 saturated heterocycles. The van der Waals surface area contributed by atoms with Crippen LogP contribution in [0.1, 0.15) is 28.2 Å². The van der Waals surface area contributed by atoms with Gasteiger partial charge in [-0.25, -0.2) is 0 Å². The Morgan fingerprint density at radius 1 is 1.20 bits per heavy atom. The first-order valence-electron chi connectivity index (χ1n) is 9.14. The van der Waals surface area contributed by atoms with Crippen molar-refractivity contribution in [1.82, 2.24) is 4.98 Å². The molecule has 0 spiro atoms. The molecule has 3 heterocycles. The fourth-order valence-corrected chi connectivity index (χ4v) is 4.67. The third-order valence-electron chi connectivity index (χ3n) is 5.62. The van der Waals surface area contributed by atoms with Crippen molar-refractivity contribution in [1.29, 1.82) is 10.5 Å². The molecule has 0 fully saturated rings. The Balaban J connectivity index is 1.87. The highest BCUT2D eigenvalue weighted by Crippen LogP contribution is 2.58. The predicted octanol–water partition coefficient (Wildman–Crippen LogP) is 3.95. The van der Waals surface area contributed by atoms with E-state index < -0.39 is 17.6 Å². The molecule has 0 bridgehead atoms. The van der Waals surface area contributed by atoms with Gasteiger partial charge in [0.05, 0.1) is 11.8 Å². The molecule has 30 heavy (non-hydrogen) atoms. The van der Waals surface area contributed by atoms with Crippen LogP contribution in [-0.4, -0.2) is 10.1 Å². The van der Waals surface area contributed by atoms with Crippen molar-refractivity contribution in [3.63, 3.8) is 0 Å². The lowest BCUT2D eigenvalue weighted by atomic mass is 9.69. The highest BCUT2D eigenvalue weighted by Gasteiger charge is 2.53. The maximum absolute atomic E-state index is 11.8. The van der Waals surface area contributed by atoms with E-state index >= 15 is 0 Å². The predicted molar refractivity (Wildman–Crippen MR) is 112 cm³/mol. The summed E-state index contributed by atoms with van der Waals surface area (Å²) in [6, 6.07) is 18.7. The number of nitrogens with one attached hydrogen (secondary N) is 1. The second kappa shape index (κ2) is 6.46. The number of nitrogens with two attached hydrogens (primary N) is 1. The Kier molecular flexibility index (Phi) is 3.97. The van der Waals surface area contributed by atoms with Gasteiger partial charge < -0.3 is 20.9 Å². The van der Waals surface area contributed by atoms with Crippen molar-refractivity contribution in [2.45, 2.75) is 11.6 Å². The zero-order valence-electron chi connectivity index (χ0n) is 15.4. The number of pyridine rings is 1. The Labute approximate surface area is 180 Å². The molecule has 0 radical (unpaired) electrons. The van der Waals surface area contributed by atoms with Gasteiger partial charge in [-0.3, -0.25) is 0 Å². The van der Waals surface area contributed by atoms with E-state index in [2.05, 4.69) is 38.4 Å². The van der Waals surface area contributed by atoms with Crippen LogP contribution < -0.4 is 15.8 Å². The van der Waals surface area contributed by atoms with E-state index in [4.69, 9.17) is 10.5 Å². The van der Waals surface area contributed by atoms with Crippen molar-refractivity contribution >= 4 is 27.4 Å². The molecule has 3 atom stereocenters. The lowest BCUT2D eigenvalue weighted by Crippen LogP contribution is -2.49. The first-order chi connectivity index (χ1) is 14.5. The number of nitriles is 2. The third-order valence-corrected chi connectivity index (χ3v) is 6.11. The molecule has 0 aliphatic carbocycles. The second-order valence-corrected chi connectivity index (χ2v) is 8.12. The summed E-state index contributed by atoms with van der Waals surface area (Å²) in [4.78, 5) is 4.28. The van der Waals surface area contributed by atoms with Gasteiger partial charge in [0, 0.05) is 27.1 Å². The number of anilines is 2. The van der Waals surface area contributed by atoms with E-state index in [1.165, 1.54) is 0 Å². The van der Waals surface area contributed by atoms with E-state index in [0.29, 0.717) is 22.6 Å². The molecular formula is C22H14BrN5O2. The highest BCUT2D eigenvalue weighted by molar-refractivity contribution is 9.10.